The lowest BCUT2D eigenvalue weighted by molar-refractivity contribution is -0.136. The molecular formula is C32H43NO5. The van der Waals surface area contributed by atoms with Crippen molar-refractivity contribution in [3.8, 4) is 0 Å². The molecule has 6 nitrogen and oxygen atoms in total. The Morgan fingerprint density at radius 2 is 1.71 bits per heavy atom. The molecule has 3 rings (SSSR count). The third-order valence-electron chi connectivity index (χ3n) is 7.51. The number of esters is 2. The number of hydrogen-bond donors (Lipinski definition) is 0. The van der Waals surface area contributed by atoms with Crippen LogP contribution < -0.4 is 4.90 Å². The van der Waals surface area contributed by atoms with Gasteiger partial charge in [-0.1, -0.05) is 38.5 Å². The normalized spacial score (nSPS) is 22.6. The van der Waals surface area contributed by atoms with E-state index >= 15 is 0 Å². The van der Waals surface area contributed by atoms with Crippen molar-refractivity contribution in [1.82, 2.24) is 0 Å². The summed E-state index contributed by atoms with van der Waals surface area (Å²) < 4.78 is 16.6. The maximum atomic E-state index is 13.1. The van der Waals surface area contributed by atoms with E-state index in [1.807, 2.05) is 58.9 Å². The van der Waals surface area contributed by atoms with Crippen molar-refractivity contribution in [2.45, 2.75) is 78.4 Å². The van der Waals surface area contributed by atoms with E-state index in [-0.39, 0.29) is 12.6 Å². The topological polar surface area (TPSA) is 65.1 Å². The summed E-state index contributed by atoms with van der Waals surface area (Å²) in [5, 5.41) is 0. The van der Waals surface area contributed by atoms with Gasteiger partial charge >= 0.3 is 11.9 Å². The maximum absolute atomic E-state index is 13.1. The van der Waals surface area contributed by atoms with Gasteiger partial charge in [0.1, 0.15) is 11.4 Å². The minimum atomic E-state index is -0.625. The molecular weight excluding hydrogens is 478 g/mol. The van der Waals surface area contributed by atoms with Gasteiger partial charge in [0.25, 0.3) is 0 Å². The van der Waals surface area contributed by atoms with Crippen LogP contribution in [0.15, 0.2) is 59.9 Å². The van der Waals surface area contributed by atoms with Gasteiger partial charge in [-0.15, -0.1) is 0 Å². The lowest BCUT2D eigenvalue weighted by Crippen LogP contribution is -2.40. The number of carbonyl (C=O) groups is 2. The monoisotopic (exact) mass is 521 g/mol. The van der Waals surface area contributed by atoms with E-state index in [2.05, 4.69) is 18.1 Å². The molecule has 38 heavy (non-hydrogen) atoms. The van der Waals surface area contributed by atoms with Crippen molar-refractivity contribution in [2.75, 3.05) is 25.7 Å². The second-order valence-corrected chi connectivity index (χ2v) is 11.3. The maximum Gasteiger partial charge on any atom is 0.338 e. The Bertz CT molecular complexity index is 1160. The first-order valence-corrected chi connectivity index (χ1v) is 13.4. The molecule has 0 aromatic heterocycles. The first-order valence-electron chi connectivity index (χ1n) is 13.4. The van der Waals surface area contributed by atoms with Crippen molar-refractivity contribution >= 4 is 23.2 Å². The van der Waals surface area contributed by atoms with Crippen molar-refractivity contribution in [1.29, 1.82) is 0 Å². The number of ether oxygens (including phenoxy) is 3. The molecule has 1 saturated carbocycles. The van der Waals surface area contributed by atoms with Crippen molar-refractivity contribution in [3.63, 3.8) is 0 Å². The lowest BCUT2D eigenvalue weighted by atomic mass is 9.81. The molecule has 1 atom stereocenters. The van der Waals surface area contributed by atoms with Crippen molar-refractivity contribution in [2.24, 2.45) is 5.92 Å². The molecule has 1 fully saturated rings. The van der Waals surface area contributed by atoms with Gasteiger partial charge in [0, 0.05) is 11.3 Å². The molecule has 0 bridgehead atoms. The highest BCUT2D eigenvalue weighted by Gasteiger charge is 2.31. The van der Waals surface area contributed by atoms with Crippen LogP contribution in [-0.4, -0.2) is 44.3 Å². The molecule has 1 unspecified atom stereocenters. The summed E-state index contributed by atoms with van der Waals surface area (Å²) in [6, 6.07) is 5.38. The standard InChI is InChI=1S/C32H43NO5/c1-20-17-29(36-8)23(4)33(19-27(21(20)2)31(35)37-9)28-18-25(30(34)38-32(5,6)7)15-16-26(28)22(3)24-13-11-10-12-14-24/h15-18,23-24H,1,3,10-14,19H2,2,4-9H3/b27-21+,29-17+. The number of allylic oxidation sites excluding steroid dienone is 4. The summed E-state index contributed by atoms with van der Waals surface area (Å²) in [5.74, 6) is 0.264. The number of anilines is 1. The SMILES string of the molecule is C=C1/C=C(/OC)C(C)N(c2cc(C(=O)OC(C)(C)C)ccc2C(=C)C2CCCCC2)C/C(C(=O)OC)=C\1C. The molecule has 206 valence electrons. The number of methoxy groups -OCH3 is 2. The summed E-state index contributed by atoms with van der Waals surface area (Å²) in [7, 11) is 3.02. The Hall–Kier alpha value is -3.28. The minimum Gasteiger partial charge on any atom is -0.499 e. The molecule has 0 amide bonds. The van der Waals surface area contributed by atoms with Crippen LogP contribution in [0.3, 0.4) is 0 Å². The number of hydrogen-bond acceptors (Lipinski definition) is 6. The fraction of sp³-hybridized carbons (Fsp3) is 0.500. The lowest BCUT2D eigenvalue weighted by Gasteiger charge is -2.37. The van der Waals surface area contributed by atoms with Gasteiger partial charge in [-0.3, -0.25) is 0 Å². The fourth-order valence-electron chi connectivity index (χ4n) is 5.21. The third kappa shape index (κ3) is 6.58. The van der Waals surface area contributed by atoms with Crippen LogP contribution in [0.25, 0.3) is 5.57 Å². The average molecular weight is 522 g/mol. The Morgan fingerprint density at radius 3 is 2.29 bits per heavy atom. The van der Waals surface area contributed by atoms with Crippen molar-refractivity contribution < 1.29 is 23.8 Å². The largest absolute Gasteiger partial charge is 0.499 e. The van der Waals surface area contributed by atoms with Gasteiger partial charge in [-0.05, 0) is 88.3 Å². The predicted molar refractivity (Wildman–Crippen MR) is 153 cm³/mol. The Balaban J connectivity index is 2.22. The zero-order valence-corrected chi connectivity index (χ0v) is 24.1. The second kappa shape index (κ2) is 12.1. The van der Waals surface area contributed by atoms with Crippen LogP contribution in [-0.2, 0) is 19.0 Å². The van der Waals surface area contributed by atoms with Gasteiger partial charge in [0.05, 0.1) is 37.9 Å². The van der Waals surface area contributed by atoms with Crippen LogP contribution in [0, 0.1) is 5.92 Å². The molecule has 0 saturated heterocycles. The van der Waals surface area contributed by atoms with Gasteiger partial charge in [0.15, 0.2) is 0 Å². The van der Waals surface area contributed by atoms with E-state index in [1.54, 1.807) is 7.11 Å². The van der Waals surface area contributed by atoms with Gasteiger partial charge in [-0.2, -0.15) is 0 Å². The summed E-state index contributed by atoms with van der Waals surface area (Å²) in [5.41, 5.74) is 4.58. The molecule has 6 heteroatoms. The van der Waals surface area contributed by atoms with Crippen LogP contribution in [0.1, 0.15) is 82.6 Å². The summed E-state index contributed by atoms with van der Waals surface area (Å²) >= 11 is 0. The highest BCUT2D eigenvalue weighted by Crippen LogP contribution is 2.40. The summed E-state index contributed by atoms with van der Waals surface area (Å²) in [6.07, 6.45) is 7.66. The molecule has 2 aliphatic rings. The fourth-order valence-corrected chi connectivity index (χ4v) is 5.21. The Morgan fingerprint density at radius 1 is 1.05 bits per heavy atom. The highest BCUT2D eigenvalue weighted by atomic mass is 16.6. The van der Waals surface area contributed by atoms with Gasteiger partial charge < -0.3 is 19.1 Å². The number of nitrogens with zero attached hydrogens (tertiary/aromatic N) is 1. The zero-order chi connectivity index (χ0) is 28.2. The number of rotatable bonds is 6. The zero-order valence-electron chi connectivity index (χ0n) is 24.1. The summed E-state index contributed by atoms with van der Waals surface area (Å²) in [4.78, 5) is 28.1. The van der Waals surface area contributed by atoms with E-state index in [1.165, 1.54) is 26.4 Å². The predicted octanol–water partition coefficient (Wildman–Crippen LogP) is 7.02. The molecule has 0 radical (unpaired) electrons. The molecule has 0 N–H and O–H groups in total. The Labute approximate surface area is 228 Å². The van der Waals surface area contributed by atoms with E-state index in [0.717, 1.165) is 35.2 Å². The second-order valence-electron chi connectivity index (χ2n) is 11.3. The van der Waals surface area contributed by atoms with E-state index < -0.39 is 17.5 Å². The molecule has 1 aliphatic heterocycles. The van der Waals surface area contributed by atoms with Gasteiger partial charge in [0.2, 0.25) is 0 Å². The highest BCUT2D eigenvalue weighted by molar-refractivity contribution is 5.94. The number of benzene rings is 1. The summed E-state index contributed by atoms with van der Waals surface area (Å²) in [6.45, 7) is 18.4. The molecule has 1 aromatic rings. The van der Waals surface area contributed by atoms with Gasteiger partial charge in [-0.25, -0.2) is 9.59 Å². The first-order chi connectivity index (χ1) is 17.9. The molecule has 1 heterocycles. The van der Waals surface area contributed by atoms with E-state index in [0.29, 0.717) is 28.4 Å². The van der Waals surface area contributed by atoms with Crippen LogP contribution in [0.5, 0.6) is 0 Å². The van der Waals surface area contributed by atoms with Crippen LogP contribution in [0.4, 0.5) is 5.69 Å². The number of carbonyl (C=O) groups excluding carboxylic acids is 2. The van der Waals surface area contributed by atoms with E-state index in [4.69, 9.17) is 14.2 Å². The van der Waals surface area contributed by atoms with Crippen LogP contribution >= 0.6 is 0 Å². The average Bonchev–Trinajstić information content (AvgIpc) is 2.89. The Kier molecular flexibility index (Phi) is 9.29. The molecule has 0 spiro atoms. The first kappa shape index (κ1) is 29.3. The molecule has 1 aromatic carbocycles. The third-order valence-corrected chi connectivity index (χ3v) is 7.51. The quantitative estimate of drug-likeness (QED) is 0.375. The molecule has 1 aliphatic carbocycles. The smallest absolute Gasteiger partial charge is 0.338 e. The van der Waals surface area contributed by atoms with Crippen molar-refractivity contribution in [3.05, 3.63) is 71.0 Å². The van der Waals surface area contributed by atoms with E-state index in [9.17, 15) is 9.59 Å². The minimum absolute atomic E-state index is 0.252. The van der Waals surface area contributed by atoms with Crippen LogP contribution in [0.2, 0.25) is 0 Å².